The van der Waals surface area contributed by atoms with Crippen molar-refractivity contribution in [1.29, 1.82) is 0 Å². The molecule has 68 valence electrons. The summed E-state index contributed by atoms with van der Waals surface area (Å²) in [5, 5.41) is 0. The van der Waals surface area contributed by atoms with Crippen molar-refractivity contribution in [3.63, 3.8) is 0 Å². The van der Waals surface area contributed by atoms with E-state index < -0.39 is 10.4 Å². The van der Waals surface area contributed by atoms with E-state index in [-0.39, 0.29) is 0 Å². The fraction of sp³-hybridized carbons (Fsp3) is 1.00. The van der Waals surface area contributed by atoms with Gasteiger partial charge in [0.1, 0.15) is 0 Å². The van der Waals surface area contributed by atoms with Gasteiger partial charge >= 0.3 is 96.1 Å². The van der Waals surface area contributed by atoms with Crippen LogP contribution in [0, 0.1) is 11.8 Å². The molecule has 0 aliphatic rings. The van der Waals surface area contributed by atoms with Crippen LogP contribution in [0.3, 0.4) is 0 Å². The predicted molar refractivity (Wildman–Crippen MR) is 73.1 cm³/mol. The second-order valence-corrected chi connectivity index (χ2v) is 52.8. The van der Waals surface area contributed by atoms with E-state index in [1.165, 1.54) is 8.87 Å². The molecule has 0 aliphatic carbocycles. The molecule has 0 unspecified atom stereocenters. The quantitative estimate of drug-likeness (QED) is 0.402. The number of rotatable bonds is 4. The Kier molecular flexibility index (Phi) is 7.09. The van der Waals surface area contributed by atoms with Crippen LogP contribution in [0.2, 0.25) is 8.87 Å². The molecule has 0 atom stereocenters. The third-order valence-corrected chi connectivity index (χ3v) is 21.3. The van der Waals surface area contributed by atoms with Crippen LogP contribution >= 0.6 is 37.3 Å². The molecular weight excluding hydrogens is 469 g/mol. The van der Waals surface area contributed by atoms with Crippen LogP contribution in [0.15, 0.2) is 0 Å². The summed E-state index contributed by atoms with van der Waals surface area (Å²) in [6, 6.07) is 0. The molecule has 0 fully saturated rings. The van der Waals surface area contributed by atoms with Crippen LogP contribution in [-0.4, -0.2) is 10.4 Å². The molecule has 0 saturated heterocycles. The van der Waals surface area contributed by atoms with Gasteiger partial charge in [0.05, 0.1) is 0 Å². The molecule has 3 heteroatoms. The second kappa shape index (κ2) is 5.88. The number of hydrogen-bond acceptors (Lipinski definition) is 0. The van der Waals surface area contributed by atoms with E-state index >= 15 is 0 Å². The summed E-state index contributed by atoms with van der Waals surface area (Å²) < 4.78 is 3.07. The minimum atomic E-state index is -1.59. The average Bonchev–Trinajstić information content (AvgIpc) is 1.53. The van der Waals surface area contributed by atoms with E-state index in [0.29, 0.717) is 0 Å². The first-order chi connectivity index (χ1) is 4.83. The van der Waals surface area contributed by atoms with Crippen molar-refractivity contribution in [2.75, 3.05) is 0 Å². The molecule has 0 radical (unpaired) electrons. The second-order valence-electron chi connectivity index (χ2n) is 4.05. The zero-order valence-corrected chi connectivity index (χ0v) is 15.0. The molecule has 0 aliphatic heterocycles. The van der Waals surface area contributed by atoms with E-state index in [2.05, 4.69) is 65.0 Å². The molecule has 0 rings (SSSR count). The molecule has 0 nitrogen and oxygen atoms in total. The van der Waals surface area contributed by atoms with Gasteiger partial charge in [0, 0.05) is 0 Å². The molecule has 0 aromatic rings. The third kappa shape index (κ3) is 8.59. The standard InChI is InChI=1S/2C4H9.2HI.Sn/c2*1-4(2)3;;;/h2*4H,1H2,2-3H3;2*1H;/q;;;;+2/p-2. The van der Waals surface area contributed by atoms with Gasteiger partial charge in [-0.05, 0) is 0 Å². The van der Waals surface area contributed by atoms with Crippen LogP contribution in [0.1, 0.15) is 27.7 Å². The Labute approximate surface area is 94.5 Å². The number of halogens is 2. The van der Waals surface area contributed by atoms with E-state index in [4.69, 9.17) is 0 Å². The monoisotopic (exact) mass is 488 g/mol. The minimum absolute atomic E-state index is 0.915. The van der Waals surface area contributed by atoms with Gasteiger partial charge in [-0.1, -0.05) is 0 Å². The molecule has 0 bridgehead atoms. The molecule has 0 amide bonds. The van der Waals surface area contributed by atoms with Crippen molar-refractivity contribution in [1.82, 2.24) is 0 Å². The van der Waals surface area contributed by atoms with E-state index in [1.807, 2.05) is 0 Å². The van der Waals surface area contributed by atoms with Crippen LogP contribution in [0.25, 0.3) is 0 Å². The van der Waals surface area contributed by atoms with Gasteiger partial charge in [0.25, 0.3) is 0 Å². The van der Waals surface area contributed by atoms with E-state index in [9.17, 15) is 0 Å². The van der Waals surface area contributed by atoms with Crippen molar-refractivity contribution in [3.8, 4) is 0 Å². The Bertz CT molecular complexity index is 98.7. The molecule has 0 N–H and O–H groups in total. The van der Waals surface area contributed by atoms with Gasteiger partial charge in [0.2, 0.25) is 0 Å². The first-order valence-corrected chi connectivity index (χ1v) is 24.9. The normalized spacial score (nSPS) is 13.1. The first kappa shape index (κ1) is 13.3. The van der Waals surface area contributed by atoms with Crippen LogP contribution in [-0.2, 0) is 0 Å². The van der Waals surface area contributed by atoms with Gasteiger partial charge in [-0.15, -0.1) is 0 Å². The Morgan fingerprint density at radius 2 is 1.18 bits per heavy atom. The summed E-state index contributed by atoms with van der Waals surface area (Å²) in [5.74, 6) is 1.83. The van der Waals surface area contributed by atoms with Gasteiger partial charge in [-0.2, -0.15) is 0 Å². The zero-order valence-electron chi connectivity index (χ0n) is 7.82. The number of hydrogen-bond donors (Lipinski definition) is 0. The van der Waals surface area contributed by atoms with Crippen molar-refractivity contribution in [2.24, 2.45) is 11.8 Å². The van der Waals surface area contributed by atoms with E-state index in [0.717, 1.165) is 11.8 Å². The third-order valence-electron chi connectivity index (χ3n) is 1.41. The maximum atomic E-state index is 2.80. The predicted octanol–water partition coefficient (Wildman–Crippen LogP) is 4.61. The maximum absolute atomic E-state index is 2.80. The fourth-order valence-corrected chi connectivity index (χ4v) is 32.2. The van der Waals surface area contributed by atoms with Crippen LogP contribution in [0.4, 0.5) is 0 Å². The average molecular weight is 487 g/mol. The molecule has 0 aromatic carbocycles. The molecule has 0 spiro atoms. The molecule has 0 saturated carbocycles. The fourth-order valence-electron chi connectivity index (χ4n) is 1.28. The Balaban J connectivity index is 3.79. The van der Waals surface area contributed by atoms with E-state index in [1.54, 1.807) is 0 Å². The van der Waals surface area contributed by atoms with Crippen molar-refractivity contribution in [2.45, 2.75) is 36.6 Å². The zero-order chi connectivity index (χ0) is 9.07. The summed E-state index contributed by atoms with van der Waals surface area (Å²) in [5.41, 5.74) is 0. The molecule has 0 heterocycles. The Morgan fingerprint density at radius 1 is 0.909 bits per heavy atom. The summed E-state index contributed by atoms with van der Waals surface area (Å²) in [6.45, 7) is 9.40. The van der Waals surface area contributed by atoms with Gasteiger partial charge in [-0.25, -0.2) is 0 Å². The van der Waals surface area contributed by atoms with Gasteiger partial charge in [0.15, 0.2) is 0 Å². The van der Waals surface area contributed by atoms with Crippen molar-refractivity contribution < 1.29 is 0 Å². The Morgan fingerprint density at radius 3 is 1.36 bits per heavy atom. The van der Waals surface area contributed by atoms with Crippen LogP contribution in [0.5, 0.6) is 0 Å². The summed E-state index contributed by atoms with van der Waals surface area (Å²) in [4.78, 5) is 0. The van der Waals surface area contributed by atoms with Gasteiger partial charge < -0.3 is 0 Å². The SMILES string of the molecule is CC(C)[CH2][Sn]([I])([I])[CH2]C(C)C. The molecule has 11 heavy (non-hydrogen) atoms. The van der Waals surface area contributed by atoms with Crippen LogP contribution < -0.4 is 0 Å². The Hall–Kier alpha value is 2.26. The summed E-state index contributed by atoms with van der Waals surface area (Å²) >= 11 is 5.61. The first-order valence-electron chi connectivity index (χ1n) is 4.21. The molecular formula is C8H18I2Sn. The van der Waals surface area contributed by atoms with Gasteiger partial charge in [-0.3, -0.25) is 0 Å². The summed E-state index contributed by atoms with van der Waals surface area (Å²) in [7, 11) is -1.59. The topological polar surface area (TPSA) is 0 Å². The molecule has 0 aromatic heterocycles. The summed E-state index contributed by atoms with van der Waals surface area (Å²) in [6.07, 6.45) is 0. The van der Waals surface area contributed by atoms with Crippen molar-refractivity contribution in [3.05, 3.63) is 0 Å². The van der Waals surface area contributed by atoms with Crippen molar-refractivity contribution >= 4 is 47.7 Å².